The number of carbonyl (C=O) groups is 2. The second-order valence-corrected chi connectivity index (χ2v) is 10.4. The smallest absolute Gasteiger partial charge is 0.248 e. The van der Waals surface area contributed by atoms with Gasteiger partial charge in [0.25, 0.3) is 0 Å². The van der Waals surface area contributed by atoms with Crippen molar-refractivity contribution in [2.75, 3.05) is 6.54 Å². The van der Waals surface area contributed by atoms with E-state index < -0.39 is 5.54 Å². The number of nitrogens with one attached hydrogen (secondary N) is 2. The molecule has 3 heterocycles. The largest absolute Gasteiger partial charge is 0.350 e. The number of benzene rings is 2. The minimum Gasteiger partial charge on any atom is -0.350 e. The van der Waals surface area contributed by atoms with Gasteiger partial charge in [-0.15, -0.1) is 0 Å². The number of fused-ring (bicyclic) bond motifs is 1. The molecule has 0 radical (unpaired) electrons. The van der Waals surface area contributed by atoms with Crippen molar-refractivity contribution in [2.45, 2.75) is 68.6 Å². The zero-order valence-electron chi connectivity index (χ0n) is 19.1. The van der Waals surface area contributed by atoms with Crippen molar-refractivity contribution >= 4 is 11.8 Å². The lowest BCUT2D eigenvalue weighted by molar-refractivity contribution is -0.151. The van der Waals surface area contributed by atoms with Gasteiger partial charge in [0, 0.05) is 36.9 Å². The van der Waals surface area contributed by atoms with Crippen LogP contribution in [0.15, 0.2) is 60.7 Å². The second-order valence-electron chi connectivity index (χ2n) is 10.4. The van der Waals surface area contributed by atoms with Gasteiger partial charge in [0.1, 0.15) is 5.54 Å². The number of nitrogens with zero attached hydrogens (tertiary/aromatic N) is 1. The van der Waals surface area contributed by atoms with Crippen molar-refractivity contribution in [3.8, 4) is 0 Å². The van der Waals surface area contributed by atoms with Crippen LogP contribution in [0.5, 0.6) is 0 Å². The Bertz CT molecular complexity index is 1020. The Kier molecular flexibility index (Phi) is 5.25. The van der Waals surface area contributed by atoms with Gasteiger partial charge in [-0.3, -0.25) is 14.5 Å². The van der Waals surface area contributed by atoms with Crippen molar-refractivity contribution in [2.24, 2.45) is 11.8 Å². The normalized spacial score (nSPS) is 33.6. The summed E-state index contributed by atoms with van der Waals surface area (Å²) in [6, 6.07) is 21.0. The molecule has 5 aliphatic rings. The highest BCUT2D eigenvalue weighted by Gasteiger charge is 2.71. The summed E-state index contributed by atoms with van der Waals surface area (Å²) in [7, 11) is 0. The van der Waals surface area contributed by atoms with Gasteiger partial charge in [-0.2, -0.15) is 0 Å². The average Bonchev–Trinajstić information content (AvgIpc) is 3.09. The maximum atomic E-state index is 14.0. The number of piperidine rings is 2. The predicted octanol–water partition coefficient (Wildman–Crippen LogP) is 3.61. The van der Waals surface area contributed by atoms with Crippen LogP contribution in [-0.4, -0.2) is 40.9 Å². The molecule has 5 fully saturated rings. The fraction of sp³-hybridized carbons (Fsp3) is 0.500. The van der Waals surface area contributed by atoms with E-state index in [9.17, 15) is 9.59 Å². The zero-order chi connectivity index (χ0) is 22.4. The van der Waals surface area contributed by atoms with Crippen LogP contribution in [0.2, 0.25) is 0 Å². The van der Waals surface area contributed by atoms with Gasteiger partial charge in [0.05, 0.1) is 6.04 Å². The fourth-order valence-corrected chi connectivity index (χ4v) is 7.36. The van der Waals surface area contributed by atoms with Crippen molar-refractivity contribution in [1.82, 2.24) is 15.5 Å². The van der Waals surface area contributed by atoms with E-state index in [0.29, 0.717) is 12.6 Å². The van der Waals surface area contributed by atoms with Crippen LogP contribution in [0.1, 0.15) is 55.6 Å². The third kappa shape index (κ3) is 3.31. The molecule has 5 nitrogen and oxygen atoms in total. The van der Waals surface area contributed by atoms with Gasteiger partial charge in [-0.25, -0.2) is 0 Å². The number of hydrogen-bond acceptors (Lipinski definition) is 3. The van der Waals surface area contributed by atoms with Crippen LogP contribution in [0.25, 0.3) is 0 Å². The molecule has 2 saturated carbocycles. The fourth-order valence-electron chi connectivity index (χ4n) is 7.36. The maximum absolute atomic E-state index is 14.0. The average molecular weight is 444 g/mol. The molecule has 172 valence electrons. The summed E-state index contributed by atoms with van der Waals surface area (Å²) in [5.41, 5.74) is 1.43. The van der Waals surface area contributed by atoms with Crippen molar-refractivity contribution in [3.63, 3.8) is 0 Å². The van der Waals surface area contributed by atoms with E-state index in [-0.39, 0.29) is 35.6 Å². The first-order chi connectivity index (χ1) is 16.2. The van der Waals surface area contributed by atoms with Crippen LogP contribution >= 0.6 is 0 Å². The molecule has 33 heavy (non-hydrogen) atoms. The van der Waals surface area contributed by atoms with Crippen LogP contribution < -0.4 is 10.6 Å². The summed E-state index contributed by atoms with van der Waals surface area (Å²) in [4.78, 5) is 30.0. The Morgan fingerprint density at radius 1 is 1.00 bits per heavy atom. The highest BCUT2D eigenvalue weighted by Crippen LogP contribution is 2.57. The van der Waals surface area contributed by atoms with Gasteiger partial charge in [0.2, 0.25) is 11.8 Å². The van der Waals surface area contributed by atoms with Crippen LogP contribution in [-0.2, 0) is 16.1 Å². The van der Waals surface area contributed by atoms with Gasteiger partial charge in [0.15, 0.2) is 0 Å². The third-order valence-electron chi connectivity index (χ3n) is 8.78. The molecule has 5 unspecified atom stereocenters. The summed E-state index contributed by atoms with van der Waals surface area (Å²) in [5, 5.41) is 6.53. The Balaban J connectivity index is 1.39. The quantitative estimate of drug-likeness (QED) is 0.742. The number of amides is 2. The van der Waals surface area contributed by atoms with E-state index in [1.807, 2.05) is 36.4 Å². The van der Waals surface area contributed by atoms with Gasteiger partial charge >= 0.3 is 0 Å². The number of hydrogen-bond donors (Lipinski definition) is 2. The Hall–Kier alpha value is -2.66. The van der Waals surface area contributed by atoms with Gasteiger partial charge < -0.3 is 10.6 Å². The molecule has 5 heteroatoms. The molecule has 2 N–H and O–H groups in total. The van der Waals surface area contributed by atoms with E-state index in [1.165, 1.54) is 37.7 Å². The minimum atomic E-state index is -0.849. The summed E-state index contributed by atoms with van der Waals surface area (Å²) in [5.74, 6) is 0.217. The highest BCUT2D eigenvalue weighted by atomic mass is 16.2. The summed E-state index contributed by atoms with van der Waals surface area (Å²) < 4.78 is 0. The van der Waals surface area contributed by atoms with Crippen LogP contribution in [0.4, 0.5) is 0 Å². The van der Waals surface area contributed by atoms with E-state index in [0.717, 1.165) is 18.5 Å². The van der Waals surface area contributed by atoms with E-state index in [1.54, 1.807) is 0 Å². The molecule has 0 spiro atoms. The van der Waals surface area contributed by atoms with Gasteiger partial charge in [-0.1, -0.05) is 79.9 Å². The van der Waals surface area contributed by atoms with Crippen LogP contribution in [0.3, 0.4) is 0 Å². The first-order valence-electron chi connectivity index (χ1n) is 12.6. The lowest BCUT2D eigenvalue weighted by atomic mass is 9.57. The number of rotatable bonds is 5. The van der Waals surface area contributed by atoms with E-state index in [4.69, 9.17) is 0 Å². The monoisotopic (exact) mass is 443 g/mol. The number of carbonyl (C=O) groups excluding carboxylic acids is 2. The minimum absolute atomic E-state index is 0.00732. The Morgan fingerprint density at radius 3 is 2.42 bits per heavy atom. The zero-order valence-corrected chi connectivity index (χ0v) is 19.1. The standard InChI is InChI=1S/C28H33N3O2/c32-26-23-16-21-18-31(22-14-8-3-9-15-22)25(24(23)20-12-6-2-7-13-20)28(21,30-26)27(33)29-17-19-10-4-1-5-11-19/h1-2,4-7,10-13,21-25H,3,8-9,14-18H2,(H,29,33)(H,30,32). The number of likely N-dealkylation sites (tertiary alicyclic amines) is 1. The Labute approximate surface area is 195 Å². The van der Waals surface area contributed by atoms with Crippen molar-refractivity contribution in [3.05, 3.63) is 71.8 Å². The summed E-state index contributed by atoms with van der Waals surface area (Å²) >= 11 is 0. The molecule has 0 aromatic heterocycles. The first-order valence-corrected chi connectivity index (χ1v) is 12.6. The molecule has 4 bridgehead atoms. The Morgan fingerprint density at radius 2 is 1.70 bits per heavy atom. The SMILES string of the molecule is O=C1NC2(C(=O)NCc3ccccc3)C3CC1C(c1ccccc1)C2N(C1CCCCC1)C3. The molecule has 5 atom stereocenters. The molecule has 3 saturated heterocycles. The molecule has 2 aromatic rings. The molecule has 7 rings (SSSR count). The lowest BCUT2D eigenvalue weighted by Gasteiger charge is -2.55. The van der Waals surface area contributed by atoms with Crippen LogP contribution in [0, 0.1) is 11.8 Å². The molecule has 2 aromatic carbocycles. The first kappa shape index (κ1) is 20.9. The lowest BCUT2D eigenvalue weighted by Crippen LogP contribution is -2.77. The van der Waals surface area contributed by atoms with Crippen molar-refractivity contribution < 1.29 is 9.59 Å². The highest BCUT2D eigenvalue weighted by molar-refractivity contribution is 5.97. The topological polar surface area (TPSA) is 61.4 Å². The predicted molar refractivity (Wildman–Crippen MR) is 127 cm³/mol. The molecule has 3 aliphatic heterocycles. The third-order valence-corrected chi connectivity index (χ3v) is 8.78. The second kappa shape index (κ2) is 8.28. The molecule has 2 aliphatic carbocycles. The summed E-state index contributed by atoms with van der Waals surface area (Å²) in [6.45, 7) is 1.40. The molecular formula is C28H33N3O2. The van der Waals surface area contributed by atoms with Gasteiger partial charge in [-0.05, 0) is 30.4 Å². The van der Waals surface area contributed by atoms with E-state index >= 15 is 0 Å². The maximum Gasteiger partial charge on any atom is 0.248 e. The molecular weight excluding hydrogens is 410 g/mol. The van der Waals surface area contributed by atoms with E-state index in [2.05, 4.69) is 39.8 Å². The molecule has 2 amide bonds. The summed E-state index contributed by atoms with van der Waals surface area (Å²) in [6.07, 6.45) is 7.03. The van der Waals surface area contributed by atoms with Crippen molar-refractivity contribution in [1.29, 1.82) is 0 Å².